The summed E-state index contributed by atoms with van der Waals surface area (Å²) >= 11 is 0. The Kier molecular flexibility index (Phi) is 3.17. The van der Waals surface area contributed by atoms with Crippen molar-refractivity contribution in [2.24, 2.45) is 0 Å². The van der Waals surface area contributed by atoms with E-state index in [-0.39, 0.29) is 0 Å². The van der Waals surface area contributed by atoms with Gasteiger partial charge >= 0.3 is 0 Å². The Balaban J connectivity index is 2.19. The number of nitrogens with zero attached hydrogens (tertiary/aromatic N) is 2. The molecule has 0 unspecified atom stereocenters. The van der Waals surface area contributed by atoms with Crippen LogP contribution in [0.2, 0.25) is 0 Å². The summed E-state index contributed by atoms with van der Waals surface area (Å²) in [5.74, 6) is 0.291. The molecule has 0 atom stereocenters. The molecular weight excluding hydrogens is 246 g/mol. The van der Waals surface area contributed by atoms with Gasteiger partial charge in [0.1, 0.15) is 0 Å². The van der Waals surface area contributed by atoms with Crippen LogP contribution in [-0.2, 0) is 0 Å². The Labute approximate surface area is 118 Å². The summed E-state index contributed by atoms with van der Waals surface area (Å²) < 4.78 is 0. The largest absolute Gasteiger partial charge is 0.368 e. The van der Waals surface area contributed by atoms with E-state index in [0.29, 0.717) is 5.95 Å². The molecule has 0 bridgehead atoms. The molecule has 0 radical (unpaired) electrons. The van der Waals surface area contributed by atoms with Crippen LogP contribution < -0.4 is 5.73 Å². The van der Waals surface area contributed by atoms with Gasteiger partial charge in [-0.15, -0.1) is 0 Å². The normalized spacial score (nSPS) is 10.4. The smallest absolute Gasteiger partial charge is 0.220 e. The summed E-state index contributed by atoms with van der Waals surface area (Å²) in [6.45, 7) is 2.07. The van der Waals surface area contributed by atoms with Crippen LogP contribution in [0.5, 0.6) is 0 Å². The highest BCUT2D eigenvalue weighted by atomic mass is 15.0. The highest BCUT2D eigenvalue weighted by Gasteiger charge is 2.10. The van der Waals surface area contributed by atoms with Crippen LogP contribution in [0, 0.1) is 6.92 Å². The molecule has 0 fully saturated rings. The van der Waals surface area contributed by atoms with Gasteiger partial charge in [0, 0.05) is 17.3 Å². The number of aromatic nitrogens is 2. The number of nitrogens with two attached hydrogens (primary N) is 1. The number of benzene rings is 2. The molecule has 3 aromatic rings. The molecule has 1 heterocycles. The third-order valence-electron chi connectivity index (χ3n) is 3.22. The Morgan fingerprint density at radius 2 is 1.55 bits per heavy atom. The standard InChI is InChI=1S/C17H15N3/c1-12-7-9-13(10-8-12)15-11-19-17(18)20-16(15)14-5-3-2-4-6-14/h2-11H,1H3,(H2,18,19,20). The van der Waals surface area contributed by atoms with Gasteiger partial charge in [0.05, 0.1) is 5.69 Å². The lowest BCUT2D eigenvalue weighted by Gasteiger charge is -2.09. The van der Waals surface area contributed by atoms with E-state index in [1.807, 2.05) is 30.3 Å². The molecule has 20 heavy (non-hydrogen) atoms. The first kappa shape index (κ1) is 12.4. The minimum Gasteiger partial charge on any atom is -0.368 e. The lowest BCUT2D eigenvalue weighted by atomic mass is 10.00. The first-order valence-electron chi connectivity index (χ1n) is 6.49. The van der Waals surface area contributed by atoms with Crippen LogP contribution in [-0.4, -0.2) is 9.97 Å². The van der Waals surface area contributed by atoms with Gasteiger partial charge in [-0.25, -0.2) is 9.97 Å². The van der Waals surface area contributed by atoms with Crippen LogP contribution in [0.25, 0.3) is 22.4 Å². The molecule has 0 spiro atoms. The molecule has 0 saturated heterocycles. The van der Waals surface area contributed by atoms with Crippen molar-refractivity contribution in [2.75, 3.05) is 5.73 Å². The van der Waals surface area contributed by atoms with Gasteiger partial charge < -0.3 is 5.73 Å². The summed E-state index contributed by atoms with van der Waals surface area (Å²) in [5, 5.41) is 0. The van der Waals surface area contributed by atoms with Gasteiger partial charge in [-0.05, 0) is 12.5 Å². The van der Waals surface area contributed by atoms with E-state index in [0.717, 1.165) is 22.4 Å². The predicted octanol–water partition coefficient (Wildman–Crippen LogP) is 3.70. The van der Waals surface area contributed by atoms with Crippen LogP contribution in [0.1, 0.15) is 5.56 Å². The second-order valence-corrected chi connectivity index (χ2v) is 4.72. The first-order chi connectivity index (χ1) is 9.74. The van der Waals surface area contributed by atoms with Crippen molar-refractivity contribution in [3.05, 3.63) is 66.4 Å². The molecule has 0 aliphatic rings. The molecule has 3 rings (SSSR count). The maximum atomic E-state index is 5.74. The van der Waals surface area contributed by atoms with Crippen molar-refractivity contribution in [1.82, 2.24) is 9.97 Å². The zero-order valence-corrected chi connectivity index (χ0v) is 11.2. The molecular formula is C17H15N3. The molecule has 0 amide bonds. The zero-order chi connectivity index (χ0) is 13.9. The fourth-order valence-electron chi connectivity index (χ4n) is 2.16. The van der Waals surface area contributed by atoms with Crippen LogP contribution in [0.3, 0.4) is 0 Å². The van der Waals surface area contributed by atoms with Crippen LogP contribution in [0.15, 0.2) is 60.8 Å². The minimum atomic E-state index is 0.291. The van der Waals surface area contributed by atoms with Crippen molar-refractivity contribution >= 4 is 5.95 Å². The Morgan fingerprint density at radius 3 is 2.25 bits per heavy atom. The van der Waals surface area contributed by atoms with E-state index in [2.05, 4.69) is 41.2 Å². The topological polar surface area (TPSA) is 51.8 Å². The molecule has 0 saturated carbocycles. The predicted molar refractivity (Wildman–Crippen MR) is 82.1 cm³/mol. The van der Waals surface area contributed by atoms with Crippen molar-refractivity contribution in [1.29, 1.82) is 0 Å². The number of rotatable bonds is 2. The maximum Gasteiger partial charge on any atom is 0.220 e. The molecule has 0 aliphatic carbocycles. The van der Waals surface area contributed by atoms with Gasteiger partial charge in [0.2, 0.25) is 5.95 Å². The molecule has 2 aromatic carbocycles. The van der Waals surface area contributed by atoms with E-state index in [9.17, 15) is 0 Å². The number of aryl methyl sites for hydroxylation is 1. The van der Waals surface area contributed by atoms with E-state index in [1.165, 1.54) is 5.56 Å². The van der Waals surface area contributed by atoms with Gasteiger partial charge in [-0.3, -0.25) is 0 Å². The maximum absolute atomic E-state index is 5.74. The number of hydrogen-bond donors (Lipinski definition) is 1. The Morgan fingerprint density at radius 1 is 0.850 bits per heavy atom. The van der Waals surface area contributed by atoms with Gasteiger partial charge in [0.25, 0.3) is 0 Å². The van der Waals surface area contributed by atoms with E-state index < -0.39 is 0 Å². The van der Waals surface area contributed by atoms with Gasteiger partial charge in [0.15, 0.2) is 0 Å². The monoisotopic (exact) mass is 261 g/mol. The average molecular weight is 261 g/mol. The number of hydrogen-bond acceptors (Lipinski definition) is 3. The summed E-state index contributed by atoms with van der Waals surface area (Å²) in [6.07, 6.45) is 1.79. The highest BCUT2D eigenvalue weighted by molar-refractivity contribution is 5.80. The van der Waals surface area contributed by atoms with Crippen molar-refractivity contribution in [2.45, 2.75) is 6.92 Å². The highest BCUT2D eigenvalue weighted by Crippen LogP contribution is 2.30. The minimum absolute atomic E-state index is 0.291. The Bertz CT molecular complexity index is 719. The zero-order valence-electron chi connectivity index (χ0n) is 11.2. The van der Waals surface area contributed by atoms with Crippen molar-refractivity contribution in [3.63, 3.8) is 0 Å². The third kappa shape index (κ3) is 2.38. The van der Waals surface area contributed by atoms with E-state index in [1.54, 1.807) is 6.20 Å². The molecule has 0 aliphatic heterocycles. The van der Waals surface area contributed by atoms with E-state index >= 15 is 0 Å². The molecule has 3 heteroatoms. The summed E-state index contributed by atoms with van der Waals surface area (Å²) in [7, 11) is 0. The Hall–Kier alpha value is -2.68. The molecule has 98 valence electrons. The average Bonchev–Trinajstić information content (AvgIpc) is 2.49. The van der Waals surface area contributed by atoms with Crippen molar-refractivity contribution < 1.29 is 0 Å². The van der Waals surface area contributed by atoms with Gasteiger partial charge in [-0.1, -0.05) is 60.2 Å². The van der Waals surface area contributed by atoms with Crippen LogP contribution in [0.4, 0.5) is 5.95 Å². The lowest BCUT2D eigenvalue weighted by Crippen LogP contribution is -1.98. The molecule has 3 nitrogen and oxygen atoms in total. The van der Waals surface area contributed by atoms with Crippen molar-refractivity contribution in [3.8, 4) is 22.4 Å². The van der Waals surface area contributed by atoms with Crippen LogP contribution >= 0.6 is 0 Å². The van der Waals surface area contributed by atoms with E-state index in [4.69, 9.17) is 5.73 Å². The molecule has 1 aromatic heterocycles. The SMILES string of the molecule is Cc1ccc(-c2cnc(N)nc2-c2ccccc2)cc1. The second-order valence-electron chi connectivity index (χ2n) is 4.72. The second kappa shape index (κ2) is 5.13. The lowest BCUT2D eigenvalue weighted by molar-refractivity contribution is 1.19. The third-order valence-corrected chi connectivity index (χ3v) is 3.22. The molecule has 2 N–H and O–H groups in total. The van der Waals surface area contributed by atoms with Gasteiger partial charge in [-0.2, -0.15) is 0 Å². The fourth-order valence-corrected chi connectivity index (χ4v) is 2.16. The first-order valence-corrected chi connectivity index (χ1v) is 6.49. The quantitative estimate of drug-likeness (QED) is 0.765. The number of anilines is 1. The summed E-state index contributed by atoms with van der Waals surface area (Å²) in [5.41, 5.74) is 11.0. The summed E-state index contributed by atoms with van der Waals surface area (Å²) in [6, 6.07) is 18.4. The fraction of sp³-hybridized carbons (Fsp3) is 0.0588. The number of nitrogen functional groups attached to an aromatic ring is 1. The summed E-state index contributed by atoms with van der Waals surface area (Å²) in [4.78, 5) is 8.54.